The van der Waals surface area contributed by atoms with Gasteiger partial charge in [-0.15, -0.1) is 0 Å². The lowest BCUT2D eigenvalue weighted by Gasteiger charge is -2.31. The zero-order chi connectivity index (χ0) is 11.6. The summed E-state index contributed by atoms with van der Waals surface area (Å²) in [5.74, 6) is 0. The molecule has 6 heteroatoms. The molecule has 2 heterocycles. The van der Waals surface area contributed by atoms with Gasteiger partial charge in [0, 0.05) is 31.5 Å². The molecule has 0 aromatic carbocycles. The van der Waals surface area contributed by atoms with Crippen molar-refractivity contribution in [3.05, 3.63) is 18.5 Å². The second kappa shape index (κ2) is 4.57. The van der Waals surface area contributed by atoms with E-state index in [1.54, 1.807) is 16.6 Å². The molecule has 1 aliphatic rings. The van der Waals surface area contributed by atoms with Gasteiger partial charge in [-0.1, -0.05) is 0 Å². The molecule has 1 aromatic heterocycles. The quantitative estimate of drug-likeness (QED) is 0.807. The third-order valence-corrected chi connectivity index (χ3v) is 4.86. The van der Waals surface area contributed by atoms with Crippen molar-refractivity contribution in [2.75, 3.05) is 20.1 Å². The van der Waals surface area contributed by atoms with Crippen molar-refractivity contribution in [3.63, 3.8) is 0 Å². The third-order valence-electron chi connectivity index (χ3n) is 3.00. The van der Waals surface area contributed by atoms with E-state index in [2.05, 4.69) is 10.3 Å². The predicted octanol–water partition coefficient (Wildman–Crippen LogP) is 0.387. The van der Waals surface area contributed by atoms with Gasteiger partial charge in [0.1, 0.15) is 0 Å². The van der Waals surface area contributed by atoms with Gasteiger partial charge in [0.25, 0.3) is 0 Å². The summed E-state index contributed by atoms with van der Waals surface area (Å²) in [5, 5.41) is 3.14. The maximum Gasteiger partial charge on any atom is 0.244 e. The Balaban J connectivity index is 2.18. The van der Waals surface area contributed by atoms with Crippen molar-refractivity contribution < 1.29 is 8.42 Å². The van der Waals surface area contributed by atoms with Crippen LogP contribution in [0.5, 0.6) is 0 Å². The van der Waals surface area contributed by atoms with Crippen molar-refractivity contribution in [1.82, 2.24) is 14.6 Å². The van der Waals surface area contributed by atoms with E-state index in [4.69, 9.17) is 0 Å². The molecule has 16 heavy (non-hydrogen) atoms. The van der Waals surface area contributed by atoms with Gasteiger partial charge < -0.3 is 10.3 Å². The first-order chi connectivity index (χ1) is 7.64. The number of piperidine rings is 1. The van der Waals surface area contributed by atoms with Gasteiger partial charge in [-0.3, -0.25) is 0 Å². The fourth-order valence-electron chi connectivity index (χ4n) is 2.01. The van der Waals surface area contributed by atoms with Crippen molar-refractivity contribution in [2.45, 2.75) is 23.8 Å². The van der Waals surface area contributed by atoms with Gasteiger partial charge >= 0.3 is 0 Å². The van der Waals surface area contributed by atoms with E-state index in [0.29, 0.717) is 18.0 Å². The fraction of sp³-hybridized carbons (Fsp3) is 0.600. The van der Waals surface area contributed by atoms with Crippen LogP contribution in [0.2, 0.25) is 0 Å². The van der Waals surface area contributed by atoms with E-state index < -0.39 is 10.0 Å². The second-order valence-electron chi connectivity index (χ2n) is 4.04. The lowest BCUT2D eigenvalue weighted by molar-refractivity contribution is 0.293. The molecular weight excluding hydrogens is 226 g/mol. The lowest BCUT2D eigenvalue weighted by Crippen LogP contribution is -2.46. The minimum Gasteiger partial charge on any atom is -0.366 e. The van der Waals surface area contributed by atoms with Crippen LogP contribution in [0.15, 0.2) is 23.4 Å². The number of hydrogen-bond acceptors (Lipinski definition) is 3. The monoisotopic (exact) mass is 243 g/mol. The van der Waals surface area contributed by atoms with E-state index in [-0.39, 0.29) is 6.04 Å². The molecule has 1 atom stereocenters. The SMILES string of the molecule is CNC1CCCN(S(=O)(=O)c2cc[nH]c2)C1. The number of H-pyrrole nitrogens is 1. The van der Waals surface area contributed by atoms with Crippen LogP contribution in [-0.2, 0) is 10.0 Å². The van der Waals surface area contributed by atoms with Crippen LogP contribution in [0.4, 0.5) is 0 Å². The maximum atomic E-state index is 12.2. The van der Waals surface area contributed by atoms with E-state index >= 15 is 0 Å². The minimum absolute atomic E-state index is 0.266. The van der Waals surface area contributed by atoms with E-state index in [0.717, 1.165) is 12.8 Å². The number of likely N-dealkylation sites (N-methyl/N-ethyl adjacent to an activating group) is 1. The van der Waals surface area contributed by atoms with Crippen molar-refractivity contribution in [2.24, 2.45) is 0 Å². The summed E-state index contributed by atoms with van der Waals surface area (Å²) < 4.78 is 25.9. The largest absolute Gasteiger partial charge is 0.366 e. The Morgan fingerprint density at radius 3 is 3.00 bits per heavy atom. The summed E-state index contributed by atoms with van der Waals surface area (Å²) in [5.41, 5.74) is 0. The third kappa shape index (κ3) is 2.14. The van der Waals surface area contributed by atoms with Crippen LogP contribution in [0, 0.1) is 0 Å². The van der Waals surface area contributed by atoms with Crippen LogP contribution in [-0.4, -0.2) is 43.9 Å². The topological polar surface area (TPSA) is 65.2 Å². The molecule has 1 fully saturated rings. The Morgan fingerprint density at radius 2 is 2.38 bits per heavy atom. The Kier molecular flexibility index (Phi) is 3.32. The minimum atomic E-state index is -3.30. The fourth-order valence-corrected chi connectivity index (χ4v) is 3.52. The second-order valence-corrected chi connectivity index (χ2v) is 5.98. The standard InChI is InChI=1S/C10H17N3O2S/c1-11-9-3-2-6-13(8-9)16(14,15)10-4-5-12-7-10/h4-5,7,9,11-12H,2-3,6,8H2,1H3. The number of aromatic nitrogens is 1. The number of nitrogens with zero attached hydrogens (tertiary/aromatic N) is 1. The van der Waals surface area contributed by atoms with Crippen molar-refractivity contribution in [1.29, 1.82) is 0 Å². The normalized spacial score (nSPS) is 23.4. The molecule has 1 aromatic rings. The van der Waals surface area contributed by atoms with E-state index in [9.17, 15) is 8.42 Å². The molecule has 1 aliphatic heterocycles. The molecule has 2 rings (SSSR count). The molecule has 2 N–H and O–H groups in total. The Labute approximate surface area is 95.9 Å². The summed E-state index contributed by atoms with van der Waals surface area (Å²) in [4.78, 5) is 3.13. The predicted molar refractivity (Wildman–Crippen MR) is 61.6 cm³/mol. The number of aromatic amines is 1. The highest BCUT2D eigenvalue weighted by atomic mass is 32.2. The van der Waals surface area contributed by atoms with Gasteiger partial charge in [0.05, 0.1) is 4.90 Å². The average molecular weight is 243 g/mol. The van der Waals surface area contributed by atoms with Crippen LogP contribution >= 0.6 is 0 Å². The molecule has 0 aliphatic carbocycles. The summed E-state index contributed by atoms with van der Waals surface area (Å²) >= 11 is 0. The first-order valence-electron chi connectivity index (χ1n) is 5.45. The highest BCUT2D eigenvalue weighted by Gasteiger charge is 2.29. The Hall–Kier alpha value is -0.850. The molecular formula is C10H17N3O2S. The van der Waals surface area contributed by atoms with Crippen LogP contribution < -0.4 is 5.32 Å². The number of nitrogens with one attached hydrogen (secondary N) is 2. The first-order valence-corrected chi connectivity index (χ1v) is 6.89. The molecule has 0 saturated carbocycles. The van der Waals surface area contributed by atoms with E-state index in [1.807, 2.05) is 7.05 Å². The smallest absolute Gasteiger partial charge is 0.244 e. The summed E-state index contributed by atoms with van der Waals surface area (Å²) in [6.07, 6.45) is 5.11. The Bertz CT molecular complexity index is 427. The molecule has 5 nitrogen and oxygen atoms in total. The highest BCUT2D eigenvalue weighted by Crippen LogP contribution is 2.19. The number of sulfonamides is 1. The van der Waals surface area contributed by atoms with Crippen molar-refractivity contribution >= 4 is 10.0 Å². The summed E-state index contributed by atoms with van der Waals surface area (Å²) in [6, 6.07) is 1.86. The summed E-state index contributed by atoms with van der Waals surface area (Å²) in [7, 11) is -1.43. The van der Waals surface area contributed by atoms with Crippen LogP contribution in [0.1, 0.15) is 12.8 Å². The van der Waals surface area contributed by atoms with Gasteiger partial charge in [-0.05, 0) is 26.0 Å². The van der Waals surface area contributed by atoms with Gasteiger partial charge in [-0.25, -0.2) is 8.42 Å². The zero-order valence-corrected chi connectivity index (χ0v) is 10.1. The Morgan fingerprint density at radius 1 is 1.56 bits per heavy atom. The molecule has 0 spiro atoms. The van der Waals surface area contributed by atoms with Crippen LogP contribution in [0.3, 0.4) is 0 Å². The first kappa shape index (κ1) is 11.6. The maximum absolute atomic E-state index is 12.2. The van der Waals surface area contributed by atoms with Gasteiger partial charge in [0.15, 0.2) is 0 Å². The van der Waals surface area contributed by atoms with Crippen molar-refractivity contribution in [3.8, 4) is 0 Å². The van der Waals surface area contributed by atoms with Crippen LogP contribution in [0.25, 0.3) is 0 Å². The zero-order valence-electron chi connectivity index (χ0n) is 9.31. The molecule has 0 radical (unpaired) electrons. The highest BCUT2D eigenvalue weighted by molar-refractivity contribution is 7.89. The average Bonchev–Trinajstić information content (AvgIpc) is 2.83. The molecule has 1 unspecified atom stereocenters. The molecule has 1 saturated heterocycles. The van der Waals surface area contributed by atoms with Gasteiger partial charge in [0.2, 0.25) is 10.0 Å². The summed E-state index contributed by atoms with van der Waals surface area (Å²) in [6.45, 7) is 1.18. The molecule has 90 valence electrons. The van der Waals surface area contributed by atoms with Gasteiger partial charge in [-0.2, -0.15) is 4.31 Å². The molecule has 0 amide bonds. The number of hydrogen-bond donors (Lipinski definition) is 2. The lowest BCUT2D eigenvalue weighted by atomic mass is 10.1. The van der Waals surface area contributed by atoms with E-state index in [1.165, 1.54) is 6.20 Å². The molecule has 0 bridgehead atoms. The number of rotatable bonds is 3.